The number of sulfonamides is 1. The van der Waals surface area contributed by atoms with Crippen molar-refractivity contribution in [1.29, 1.82) is 0 Å². The predicted octanol–water partition coefficient (Wildman–Crippen LogP) is 3.49. The van der Waals surface area contributed by atoms with Crippen molar-refractivity contribution in [1.82, 2.24) is 4.31 Å². The van der Waals surface area contributed by atoms with E-state index >= 15 is 0 Å². The third-order valence-corrected chi connectivity index (χ3v) is 6.97. The van der Waals surface area contributed by atoms with E-state index in [1.165, 1.54) is 4.31 Å². The molecule has 0 spiro atoms. The topological polar surface area (TPSA) is 79.9 Å². The number of benzene rings is 2. The quantitative estimate of drug-likeness (QED) is 0.668. The maximum absolute atomic E-state index is 12.7. The SMILES string of the molecule is COc1cc(Cl)c(C)cc1NC(=S)Nc1ccc(S(=O)(=O)N2CCOCC2)cc1. The molecule has 7 nitrogen and oxygen atoms in total. The summed E-state index contributed by atoms with van der Waals surface area (Å²) in [6, 6.07) is 10.0. The standard InChI is InChI=1S/C19H22ClN3O4S2/c1-13-11-17(18(26-2)12-16(13)20)22-19(28)21-14-3-5-15(6-4-14)29(24,25)23-7-9-27-10-8-23/h3-6,11-12H,7-10H2,1-2H3,(H2,21,22,28). The number of morpholine rings is 1. The van der Waals surface area contributed by atoms with Crippen molar-refractivity contribution in [2.75, 3.05) is 44.0 Å². The number of halogens is 1. The summed E-state index contributed by atoms with van der Waals surface area (Å²) < 4.78 is 37.3. The van der Waals surface area contributed by atoms with Crippen LogP contribution in [-0.4, -0.2) is 51.2 Å². The number of hydrogen-bond donors (Lipinski definition) is 2. The number of hydrogen-bond acceptors (Lipinski definition) is 5. The number of aryl methyl sites for hydroxylation is 1. The van der Waals surface area contributed by atoms with E-state index in [9.17, 15) is 8.42 Å². The number of nitrogens with one attached hydrogen (secondary N) is 2. The Labute approximate surface area is 181 Å². The van der Waals surface area contributed by atoms with Crippen LogP contribution in [0.2, 0.25) is 5.02 Å². The van der Waals surface area contributed by atoms with Crippen molar-refractivity contribution in [3.8, 4) is 5.75 Å². The van der Waals surface area contributed by atoms with Crippen LogP contribution in [0.5, 0.6) is 5.75 Å². The van der Waals surface area contributed by atoms with Crippen LogP contribution in [0.1, 0.15) is 5.56 Å². The van der Waals surface area contributed by atoms with Crippen LogP contribution in [0.25, 0.3) is 0 Å². The molecule has 1 heterocycles. The van der Waals surface area contributed by atoms with E-state index in [0.717, 1.165) is 5.56 Å². The highest BCUT2D eigenvalue weighted by molar-refractivity contribution is 7.89. The molecule has 2 aromatic rings. The zero-order valence-corrected chi connectivity index (χ0v) is 18.5. The molecule has 29 heavy (non-hydrogen) atoms. The minimum absolute atomic E-state index is 0.235. The number of rotatable bonds is 5. The Morgan fingerprint density at radius 3 is 2.45 bits per heavy atom. The summed E-state index contributed by atoms with van der Waals surface area (Å²) in [5.41, 5.74) is 2.22. The van der Waals surface area contributed by atoms with Crippen LogP contribution in [-0.2, 0) is 14.8 Å². The summed E-state index contributed by atoms with van der Waals surface area (Å²) in [5.74, 6) is 0.566. The molecule has 1 saturated heterocycles. The molecular formula is C19H22ClN3O4S2. The Morgan fingerprint density at radius 2 is 1.83 bits per heavy atom. The van der Waals surface area contributed by atoms with Gasteiger partial charge in [0.05, 0.1) is 30.9 Å². The second-order valence-corrected chi connectivity index (χ2v) is 9.18. The molecule has 0 unspecified atom stereocenters. The number of anilines is 2. The van der Waals surface area contributed by atoms with Crippen molar-refractivity contribution in [2.45, 2.75) is 11.8 Å². The third-order valence-electron chi connectivity index (χ3n) is 4.45. The van der Waals surface area contributed by atoms with Gasteiger partial charge in [-0.15, -0.1) is 0 Å². The van der Waals surface area contributed by atoms with Crippen LogP contribution in [0.4, 0.5) is 11.4 Å². The van der Waals surface area contributed by atoms with Gasteiger partial charge in [-0.2, -0.15) is 4.31 Å². The number of nitrogens with zero attached hydrogens (tertiary/aromatic N) is 1. The van der Waals surface area contributed by atoms with E-state index < -0.39 is 10.0 Å². The molecule has 1 aliphatic heterocycles. The molecule has 0 aromatic heterocycles. The zero-order valence-electron chi connectivity index (χ0n) is 16.1. The fourth-order valence-electron chi connectivity index (χ4n) is 2.86. The minimum Gasteiger partial charge on any atom is -0.495 e. The zero-order chi connectivity index (χ0) is 21.0. The minimum atomic E-state index is -3.53. The van der Waals surface area contributed by atoms with Crippen molar-refractivity contribution >= 4 is 50.3 Å². The smallest absolute Gasteiger partial charge is 0.243 e. The van der Waals surface area contributed by atoms with Gasteiger partial charge in [0.25, 0.3) is 0 Å². The van der Waals surface area contributed by atoms with Crippen LogP contribution in [0.15, 0.2) is 41.3 Å². The van der Waals surface area contributed by atoms with Crippen LogP contribution < -0.4 is 15.4 Å². The van der Waals surface area contributed by atoms with E-state index in [2.05, 4.69) is 10.6 Å². The maximum atomic E-state index is 12.7. The molecule has 1 fully saturated rings. The average Bonchev–Trinajstić information content (AvgIpc) is 2.71. The van der Waals surface area contributed by atoms with E-state index in [1.807, 2.05) is 13.0 Å². The van der Waals surface area contributed by atoms with E-state index in [1.54, 1.807) is 37.4 Å². The largest absolute Gasteiger partial charge is 0.495 e. The molecule has 0 radical (unpaired) electrons. The summed E-state index contributed by atoms with van der Waals surface area (Å²) in [4.78, 5) is 0.235. The van der Waals surface area contributed by atoms with Crippen molar-refractivity contribution < 1.29 is 17.9 Å². The van der Waals surface area contributed by atoms with Gasteiger partial charge in [0.15, 0.2) is 5.11 Å². The summed E-state index contributed by atoms with van der Waals surface area (Å²) in [7, 11) is -1.97. The molecular weight excluding hydrogens is 434 g/mol. The molecule has 2 aromatic carbocycles. The molecule has 156 valence electrons. The van der Waals surface area contributed by atoms with Gasteiger partial charge < -0.3 is 20.1 Å². The first-order chi connectivity index (χ1) is 13.8. The first-order valence-corrected chi connectivity index (χ1v) is 11.1. The Morgan fingerprint density at radius 1 is 1.17 bits per heavy atom. The van der Waals surface area contributed by atoms with Crippen LogP contribution in [0.3, 0.4) is 0 Å². The normalized spacial score (nSPS) is 15.0. The summed E-state index contributed by atoms with van der Waals surface area (Å²) >= 11 is 11.5. The van der Waals surface area contributed by atoms with Crippen LogP contribution in [0, 0.1) is 6.92 Å². The molecule has 2 N–H and O–H groups in total. The van der Waals surface area contributed by atoms with E-state index in [0.29, 0.717) is 53.6 Å². The van der Waals surface area contributed by atoms with Crippen molar-refractivity contribution in [3.05, 3.63) is 47.0 Å². The fourth-order valence-corrected chi connectivity index (χ4v) is 4.65. The van der Waals surface area contributed by atoms with Gasteiger partial charge in [0.2, 0.25) is 10.0 Å². The van der Waals surface area contributed by atoms with Crippen molar-refractivity contribution in [3.63, 3.8) is 0 Å². The Hall–Kier alpha value is -1.91. The van der Waals surface area contributed by atoms with Gasteiger partial charge in [-0.05, 0) is 55.0 Å². The molecule has 0 atom stereocenters. The predicted molar refractivity (Wildman–Crippen MR) is 119 cm³/mol. The van der Waals surface area contributed by atoms with E-state index in [4.69, 9.17) is 33.3 Å². The van der Waals surface area contributed by atoms with Gasteiger partial charge in [0, 0.05) is 29.9 Å². The molecule has 0 bridgehead atoms. The fraction of sp³-hybridized carbons (Fsp3) is 0.316. The number of methoxy groups -OCH3 is 1. The number of thiocarbonyl (C=S) groups is 1. The molecule has 10 heteroatoms. The second-order valence-electron chi connectivity index (χ2n) is 6.42. The number of ether oxygens (including phenoxy) is 2. The Kier molecular flexibility index (Phi) is 6.97. The van der Waals surface area contributed by atoms with Gasteiger partial charge in [0.1, 0.15) is 5.75 Å². The highest BCUT2D eigenvalue weighted by Gasteiger charge is 2.26. The molecule has 0 amide bonds. The second kappa shape index (κ2) is 9.27. The third kappa shape index (κ3) is 5.18. The van der Waals surface area contributed by atoms with Gasteiger partial charge in [-0.3, -0.25) is 0 Å². The van der Waals surface area contributed by atoms with Gasteiger partial charge >= 0.3 is 0 Å². The first-order valence-electron chi connectivity index (χ1n) is 8.91. The average molecular weight is 456 g/mol. The molecule has 0 saturated carbocycles. The molecule has 0 aliphatic carbocycles. The lowest BCUT2D eigenvalue weighted by atomic mass is 10.2. The monoisotopic (exact) mass is 455 g/mol. The summed E-state index contributed by atoms with van der Waals surface area (Å²) in [6.45, 7) is 3.42. The van der Waals surface area contributed by atoms with Gasteiger partial charge in [-0.25, -0.2) is 8.42 Å². The Bertz CT molecular complexity index is 991. The Balaban J connectivity index is 1.68. The highest BCUT2D eigenvalue weighted by Crippen LogP contribution is 2.31. The van der Waals surface area contributed by atoms with E-state index in [-0.39, 0.29) is 4.90 Å². The molecule has 1 aliphatic rings. The van der Waals surface area contributed by atoms with Gasteiger partial charge in [-0.1, -0.05) is 11.6 Å². The van der Waals surface area contributed by atoms with Crippen molar-refractivity contribution in [2.24, 2.45) is 0 Å². The lowest BCUT2D eigenvalue weighted by molar-refractivity contribution is 0.0730. The highest BCUT2D eigenvalue weighted by atomic mass is 35.5. The summed E-state index contributed by atoms with van der Waals surface area (Å²) in [5, 5.41) is 7.05. The maximum Gasteiger partial charge on any atom is 0.243 e. The van der Waals surface area contributed by atoms with Crippen LogP contribution >= 0.6 is 23.8 Å². The lowest BCUT2D eigenvalue weighted by Gasteiger charge is -2.26. The molecule has 3 rings (SSSR count). The first kappa shape index (κ1) is 21.8. The summed E-state index contributed by atoms with van der Waals surface area (Å²) in [6.07, 6.45) is 0. The lowest BCUT2D eigenvalue weighted by Crippen LogP contribution is -2.40.